The monoisotopic (exact) mass is 207 g/mol. The number of halogens is 2. The zero-order valence-corrected chi connectivity index (χ0v) is 8.13. The Hall–Kier alpha value is -0.710. The van der Waals surface area contributed by atoms with Gasteiger partial charge >= 0.3 is 5.97 Å². The standard InChI is InChI=1S/C9H15F2NO2/c1-14-8(13)7(12)6-2-4-9(10,11)5-3-6/h6-7H,2-5,12H2,1H3. The molecule has 1 fully saturated rings. The molecule has 1 rings (SSSR count). The molecular weight excluding hydrogens is 192 g/mol. The normalized spacial score (nSPS) is 24.3. The van der Waals surface area contributed by atoms with Gasteiger partial charge < -0.3 is 10.5 Å². The number of hydrogen-bond acceptors (Lipinski definition) is 3. The Labute approximate surface area is 81.6 Å². The van der Waals surface area contributed by atoms with Gasteiger partial charge in [0, 0.05) is 12.8 Å². The average Bonchev–Trinajstić information content (AvgIpc) is 2.15. The third-order valence-electron chi connectivity index (χ3n) is 2.74. The Balaban J connectivity index is 2.45. The van der Waals surface area contributed by atoms with Gasteiger partial charge in [-0.25, -0.2) is 8.78 Å². The van der Waals surface area contributed by atoms with E-state index in [4.69, 9.17) is 5.73 Å². The number of methoxy groups -OCH3 is 1. The van der Waals surface area contributed by atoms with Crippen LogP contribution in [-0.2, 0) is 9.53 Å². The topological polar surface area (TPSA) is 52.3 Å². The van der Waals surface area contributed by atoms with Crippen molar-refractivity contribution in [2.24, 2.45) is 11.7 Å². The highest BCUT2D eigenvalue weighted by Gasteiger charge is 2.38. The van der Waals surface area contributed by atoms with E-state index in [1.54, 1.807) is 0 Å². The van der Waals surface area contributed by atoms with Crippen LogP contribution in [0.25, 0.3) is 0 Å². The smallest absolute Gasteiger partial charge is 0.322 e. The molecule has 1 saturated carbocycles. The first-order valence-corrected chi connectivity index (χ1v) is 4.67. The van der Waals surface area contributed by atoms with Crippen LogP contribution in [0.4, 0.5) is 8.78 Å². The number of nitrogens with two attached hydrogens (primary N) is 1. The van der Waals surface area contributed by atoms with E-state index in [0.29, 0.717) is 12.8 Å². The first-order valence-electron chi connectivity index (χ1n) is 4.67. The molecule has 1 aliphatic rings. The second-order valence-corrected chi connectivity index (χ2v) is 3.74. The number of alkyl halides is 2. The van der Waals surface area contributed by atoms with Gasteiger partial charge in [-0.3, -0.25) is 4.79 Å². The van der Waals surface area contributed by atoms with Gasteiger partial charge in [-0.15, -0.1) is 0 Å². The molecule has 0 spiro atoms. The average molecular weight is 207 g/mol. The lowest BCUT2D eigenvalue weighted by atomic mass is 9.82. The fourth-order valence-corrected chi connectivity index (χ4v) is 1.75. The van der Waals surface area contributed by atoms with E-state index in [2.05, 4.69) is 4.74 Å². The van der Waals surface area contributed by atoms with Gasteiger partial charge in [0.2, 0.25) is 5.92 Å². The van der Waals surface area contributed by atoms with Gasteiger partial charge in [0.05, 0.1) is 7.11 Å². The Morgan fingerprint density at radius 3 is 2.43 bits per heavy atom. The molecule has 0 aromatic rings. The molecule has 1 atom stereocenters. The maximum absolute atomic E-state index is 12.8. The summed E-state index contributed by atoms with van der Waals surface area (Å²) < 4.78 is 30.0. The van der Waals surface area contributed by atoms with Crippen molar-refractivity contribution >= 4 is 5.97 Å². The number of carbonyl (C=O) groups is 1. The summed E-state index contributed by atoms with van der Waals surface area (Å²) >= 11 is 0. The summed E-state index contributed by atoms with van der Waals surface area (Å²) in [5, 5.41) is 0. The first-order chi connectivity index (χ1) is 6.46. The van der Waals surface area contributed by atoms with Crippen LogP contribution in [0.3, 0.4) is 0 Å². The largest absolute Gasteiger partial charge is 0.468 e. The fraction of sp³-hybridized carbons (Fsp3) is 0.889. The molecule has 1 aliphatic carbocycles. The minimum Gasteiger partial charge on any atom is -0.468 e. The number of carbonyl (C=O) groups excluding carboxylic acids is 1. The van der Waals surface area contributed by atoms with E-state index >= 15 is 0 Å². The highest BCUT2D eigenvalue weighted by molar-refractivity contribution is 5.75. The summed E-state index contributed by atoms with van der Waals surface area (Å²) in [5.74, 6) is -3.26. The van der Waals surface area contributed by atoms with Gasteiger partial charge in [-0.05, 0) is 18.8 Å². The molecule has 2 N–H and O–H groups in total. The van der Waals surface area contributed by atoms with E-state index in [1.807, 2.05) is 0 Å². The van der Waals surface area contributed by atoms with Gasteiger partial charge in [0.25, 0.3) is 0 Å². The minimum absolute atomic E-state index is 0.165. The number of hydrogen-bond donors (Lipinski definition) is 1. The maximum atomic E-state index is 12.8. The molecule has 0 aliphatic heterocycles. The summed E-state index contributed by atoms with van der Waals surface area (Å²) in [5.41, 5.74) is 5.57. The molecule has 0 aromatic carbocycles. The quantitative estimate of drug-likeness (QED) is 0.694. The maximum Gasteiger partial charge on any atom is 0.322 e. The van der Waals surface area contributed by atoms with Crippen molar-refractivity contribution in [2.45, 2.75) is 37.6 Å². The third-order valence-corrected chi connectivity index (χ3v) is 2.74. The first kappa shape index (κ1) is 11.4. The van der Waals surface area contributed by atoms with Crippen LogP contribution in [0.5, 0.6) is 0 Å². The van der Waals surface area contributed by atoms with Crippen molar-refractivity contribution < 1.29 is 18.3 Å². The Morgan fingerprint density at radius 2 is 2.00 bits per heavy atom. The van der Waals surface area contributed by atoms with Crippen molar-refractivity contribution in [3.8, 4) is 0 Å². The summed E-state index contributed by atoms with van der Waals surface area (Å²) in [7, 11) is 1.25. The van der Waals surface area contributed by atoms with Crippen LogP contribution in [0.1, 0.15) is 25.7 Å². The minimum atomic E-state index is -2.58. The molecule has 0 radical (unpaired) electrons. The molecule has 0 heterocycles. The molecule has 14 heavy (non-hydrogen) atoms. The predicted octanol–water partition coefficient (Wildman–Crippen LogP) is 1.31. The Morgan fingerprint density at radius 1 is 1.50 bits per heavy atom. The molecule has 82 valence electrons. The Bertz CT molecular complexity index is 211. The molecule has 0 saturated heterocycles. The molecule has 0 amide bonds. The van der Waals surface area contributed by atoms with Gasteiger partial charge in [-0.1, -0.05) is 0 Å². The number of ether oxygens (including phenoxy) is 1. The molecule has 1 unspecified atom stereocenters. The zero-order valence-electron chi connectivity index (χ0n) is 8.13. The molecule has 0 aromatic heterocycles. The summed E-state index contributed by atoms with van der Waals surface area (Å²) in [6.07, 6.45) is 0.233. The van der Waals surface area contributed by atoms with E-state index in [-0.39, 0.29) is 18.8 Å². The summed E-state index contributed by atoms with van der Waals surface area (Å²) in [4.78, 5) is 11.0. The van der Waals surface area contributed by atoms with E-state index in [0.717, 1.165) is 0 Å². The van der Waals surface area contributed by atoms with Gasteiger partial charge in [0.1, 0.15) is 6.04 Å². The lowest BCUT2D eigenvalue weighted by molar-refractivity contribution is -0.145. The second kappa shape index (κ2) is 4.21. The predicted molar refractivity (Wildman–Crippen MR) is 46.9 cm³/mol. The van der Waals surface area contributed by atoms with Crippen LogP contribution in [0.15, 0.2) is 0 Å². The van der Waals surface area contributed by atoms with E-state index < -0.39 is 17.9 Å². The summed E-state index contributed by atoms with van der Waals surface area (Å²) in [6.45, 7) is 0. The van der Waals surface area contributed by atoms with Crippen molar-refractivity contribution in [1.29, 1.82) is 0 Å². The van der Waals surface area contributed by atoms with Crippen molar-refractivity contribution in [3.63, 3.8) is 0 Å². The van der Waals surface area contributed by atoms with E-state index in [9.17, 15) is 13.6 Å². The van der Waals surface area contributed by atoms with Crippen LogP contribution >= 0.6 is 0 Å². The van der Waals surface area contributed by atoms with Crippen molar-refractivity contribution in [1.82, 2.24) is 0 Å². The number of rotatable bonds is 2. The lowest BCUT2D eigenvalue weighted by Gasteiger charge is -2.30. The van der Waals surface area contributed by atoms with Crippen LogP contribution in [0, 0.1) is 5.92 Å². The zero-order chi connectivity index (χ0) is 10.8. The Kier molecular flexibility index (Phi) is 3.42. The van der Waals surface area contributed by atoms with Gasteiger partial charge in [-0.2, -0.15) is 0 Å². The molecular formula is C9H15F2NO2. The van der Waals surface area contributed by atoms with Crippen LogP contribution in [-0.4, -0.2) is 25.0 Å². The SMILES string of the molecule is COC(=O)C(N)C1CCC(F)(F)CC1. The highest BCUT2D eigenvalue weighted by Crippen LogP contribution is 2.37. The van der Waals surface area contributed by atoms with E-state index in [1.165, 1.54) is 7.11 Å². The van der Waals surface area contributed by atoms with Gasteiger partial charge in [0.15, 0.2) is 0 Å². The van der Waals surface area contributed by atoms with Crippen molar-refractivity contribution in [3.05, 3.63) is 0 Å². The molecule has 5 heteroatoms. The number of esters is 1. The third kappa shape index (κ3) is 2.64. The molecule has 0 bridgehead atoms. The fourth-order valence-electron chi connectivity index (χ4n) is 1.75. The summed E-state index contributed by atoms with van der Waals surface area (Å²) in [6, 6.07) is -0.754. The van der Waals surface area contributed by atoms with Crippen molar-refractivity contribution in [2.75, 3.05) is 7.11 Å². The second-order valence-electron chi connectivity index (χ2n) is 3.74. The lowest BCUT2D eigenvalue weighted by Crippen LogP contribution is -2.42. The highest BCUT2D eigenvalue weighted by atomic mass is 19.3. The van der Waals surface area contributed by atoms with Crippen LogP contribution < -0.4 is 5.73 Å². The van der Waals surface area contributed by atoms with Crippen LogP contribution in [0.2, 0.25) is 0 Å². The molecule has 3 nitrogen and oxygen atoms in total.